The molecule has 2 aromatic heterocycles. The van der Waals surface area contributed by atoms with E-state index in [-0.39, 0.29) is 18.5 Å². The molecule has 0 radical (unpaired) electrons. The van der Waals surface area contributed by atoms with Crippen molar-refractivity contribution in [2.24, 2.45) is 0 Å². The Hall–Kier alpha value is -2.26. The van der Waals surface area contributed by atoms with Gasteiger partial charge in [-0.05, 0) is 50.1 Å². The van der Waals surface area contributed by atoms with Crippen LogP contribution in [-0.2, 0) is 16.0 Å². The highest BCUT2D eigenvalue weighted by molar-refractivity contribution is 7.11. The number of hydrogen-bond donors (Lipinski definition) is 2. The topological polar surface area (TPSA) is 91.4 Å². The SMILES string of the molecule is Cc1nc([C@@H](Cc2ccsc2)NC(=O)CN2C(=O)NC(C)(C)C2=O)sc1C. The third-order valence-electron chi connectivity index (χ3n) is 4.44. The molecule has 0 bridgehead atoms. The zero-order valence-corrected chi connectivity index (χ0v) is 17.3. The third-order valence-corrected chi connectivity index (χ3v) is 6.36. The van der Waals surface area contributed by atoms with Gasteiger partial charge in [-0.2, -0.15) is 11.3 Å². The maximum Gasteiger partial charge on any atom is 0.325 e. The molecule has 27 heavy (non-hydrogen) atoms. The normalized spacial score (nSPS) is 17.1. The summed E-state index contributed by atoms with van der Waals surface area (Å²) in [6, 6.07) is 1.16. The number of carbonyl (C=O) groups excluding carboxylic acids is 3. The van der Waals surface area contributed by atoms with Gasteiger partial charge < -0.3 is 10.6 Å². The highest BCUT2D eigenvalue weighted by atomic mass is 32.1. The van der Waals surface area contributed by atoms with E-state index >= 15 is 0 Å². The highest BCUT2D eigenvalue weighted by Crippen LogP contribution is 2.26. The van der Waals surface area contributed by atoms with Crippen LogP contribution in [0.15, 0.2) is 16.8 Å². The molecule has 2 aromatic rings. The van der Waals surface area contributed by atoms with Gasteiger partial charge in [-0.15, -0.1) is 11.3 Å². The van der Waals surface area contributed by atoms with Gasteiger partial charge >= 0.3 is 6.03 Å². The molecule has 3 heterocycles. The smallest absolute Gasteiger partial charge is 0.325 e. The van der Waals surface area contributed by atoms with Gasteiger partial charge in [0.1, 0.15) is 17.1 Å². The van der Waals surface area contributed by atoms with E-state index in [0.29, 0.717) is 6.42 Å². The van der Waals surface area contributed by atoms with Crippen LogP contribution in [0.1, 0.15) is 41.0 Å². The number of hydrogen-bond acceptors (Lipinski definition) is 6. The fraction of sp³-hybridized carbons (Fsp3) is 0.444. The van der Waals surface area contributed by atoms with Crippen LogP contribution in [0, 0.1) is 13.8 Å². The zero-order chi connectivity index (χ0) is 19.8. The van der Waals surface area contributed by atoms with Crippen LogP contribution in [0.5, 0.6) is 0 Å². The summed E-state index contributed by atoms with van der Waals surface area (Å²) < 4.78 is 0. The number of nitrogens with zero attached hydrogens (tertiary/aromatic N) is 2. The second-order valence-corrected chi connectivity index (χ2v) is 9.11. The molecule has 9 heteroatoms. The van der Waals surface area contributed by atoms with E-state index in [1.807, 2.05) is 30.7 Å². The lowest BCUT2D eigenvalue weighted by Crippen LogP contribution is -2.44. The summed E-state index contributed by atoms with van der Waals surface area (Å²) in [6.07, 6.45) is 0.604. The largest absolute Gasteiger partial charge is 0.345 e. The molecule has 2 N–H and O–H groups in total. The molecule has 1 aliphatic rings. The van der Waals surface area contributed by atoms with Crippen LogP contribution < -0.4 is 10.6 Å². The number of amides is 4. The molecule has 0 aromatic carbocycles. The number of urea groups is 1. The van der Waals surface area contributed by atoms with Crippen LogP contribution in [0.4, 0.5) is 4.79 Å². The summed E-state index contributed by atoms with van der Waals surface area (Å²) in [7, 11) is 0. The molecule has 1 atom stereocenters. The third kappa shape index (κ3) is 4.19. The summed E-state index contributed by atoms with van der Waals surface area (Å²) in [5.74, 6) is -0.792. The van der Waals surface area contributed by atoms with E-state index in [1.165, 1.54) is 0 Å². The van der Waals surface area contributed by atoms with Crippen molar-refractivity contribution in [2.75, 3.05) is 6.54 Å². The van der Waals surface area contributed by atoms with Crippen molar-refractivity contribution < 1.29 is 14.4 Å². The molecule has 1 aliphatic heterocycles. The average Bonchev–Trinajstić information content (AvgIpc) is 3.25. The Labute approximate surface area is 165 Å². The van der Waals surface area contributed by atoms with Crippen molar-refractivity contribution >= 4 is 40.5 Å². The van der Waals surface area contributed by atoms with Crippen LogP contribution in [0.2, 0.25) is 0 Å². The lowest BCUT2D eigenvalue weighted by molar-refractivity contribution is -0.134. The summed E-state index contributed by atoms with van der Waals surface area (Å²) >= 11 is 3.14. The van der Waals surface area contributed by atoms with Crippen molar-refractivity contribution in [1.29, 1.82) is 0 Å². The molecule has 144 valence electrons. The van der Waals surface area contributed by atoms with Crippen LogP contribution in [0.25, 0.3) is 0 Å². The van der Waals surface area contributed by atoms with E-state index in [9.17, 15) is 14.4 Å². The number of rotatable bonds is 6. The van der Waals surface area contributed by atoms with Crippen molar-refractivity contribution in [1.82, 2.24) is 20.5 Å². The molecule has 7 nitrogen and oxygen atoms in total. The molecular formula is C18H22N4O3S2. The Morgan fingerprint density at radius 2 is 2.11 bits per heavy atom. The van der Waals surface area contributed by atoms with Gasteiger partial charge in [0.15, 0.2) is 0 Å². The number of aryl methyl sites for hydroxylation is 2. The van der Waals surface area contributed by atoms with Crippen molar-refractivity contribution in [3.8, 4) is 0 Å². The molecule has 0 spiro atoms. The van der Waals surface area contributed by atoms with Crippen molar-refractivity contribution in [3.05, 3.63) is 38.0 Å². The van der Waals surface area contributed by atoms with E-state index < -0.39 is 17.5 Å². The highest BCUT2D eigenvalue weighted by Gasteiger charge is 2.45. The van der Waals surface area contributed by atoms with Gasteiger partial charge in [0.05, 0.1) is 11.7 Å². The number of carbonyl (C=O) groups is 3. The van der Waals surface area contributed by atoms with E-state index in [0.717, 1.165) is 26.0 Å². The lowest BCUT2D eigenvalue weighted by Gasteiger charge is -2.19. The zero-order valence-electron chi connectivity index (χ0n) is 15.7. The van der Waals surface area contributed by atoms with Gasteiger partial charge in [-0.25, -0.2) is 9.78 Å². The maximum atomic E-state index is 12.6. The first kappa shape index (κ1) is 19.5. The molecular weight excluding hydrogens is 384 g/mol. The maximum absolute atomic E-state index is 12.6. The summed E-state index contributed by atoms with van der Waals surface area (Å²) in [6.45, 7) is 6.86. The lowest BCUT2D eigenvalue weighted by atomic mass is 10.1. The Morgan fingerprint density at radius 1 is 1.37 bits per heavy atom. The summed E-state index contributed by atoms with van der Waals surface area (Å²) in [5.41, 5.74) is 1.05. The molecule has 0 aliphatic carbocycles. The Bertz CT molecular complexity index is 854. The average molecular weight is 407 g/mol. The monoisotopic (exact) mass is 406 g/mol. The van der Waals surface area contributed by atoms with Crippen molar-refractivity contribution in [2.45, 2.75) is 45.7 Å². The summed E-state index contributed by atoms with van der Waals surface area (Å²) in [5, 5.41) is 10.4. The van der Waals surface area contributed by atoms with Crippen LogP contribution in [0.3, 0.4) is 0 Å². The predicted octanol–water partition coefficient (Wildman–Crippen LogP) is 2.55. The van der Waals surface area contributed by atoms with Crippen LogP contribution in [-0.4, -0.2) is 39.8 Å². The Kier molecular flexibility index (Phi) is 5.34. The van der Waals surface area contributed by atoms with Gasteiger partial charge in [-0.3, -0.25) is 14.5 Å². The first-order valence-electron chi connectivity index (χ1n) is 8.56. The van der Waals surface area contributed by atoms with Gasteiger partial charge in [0.2, 0.25) is 5.91 Å². The standard InChI is InChI=1S/C18H22N4O3S2/c1-10-11(2)27-15(19-10)13(7-12-5-6-26-9-12)20-14(23)8-22-16(24)18(3,4)21-17(22)25/h5-6,9,13H,7-8H2,1-4H3,(H,20,23)(H,21,25)/t13-/m1/s1. The van der Waals surface area contributed by atoms with Crippen LogP contribution >= 0.6 is 22.7 Å². The quantitative estimate of drug-likeness (QED) is 0.721. The van der Waals surface area contributed by atoms with Gasteiger partial charge in [-0.1, -0.05) is 0 Å². The number of imide groups is 1. The molecule has 4 amide bonds. The first-order chi connectivity index (χ1) is 12.7. The van der Waals surface area contributed by atoms with Gasteiger partial charge in [0, 0.05) is 11.3 Å². The number of thiophene rings is 1. The Balaban J connectivity index is 1.74. The van der Waals surface area contributed by atoms with E-state index in [1.54, 1.807) is 36.5 Å². The van der Waals surface area contributed by atoms with E-state index in [2.05, 4.69) is 15.6 Å². The minimum atomic E-state index is -0.989. The fourth-order valence-electron chi connectivity index (χ4n) is 2.84. The second-order valence-electron chi connectivity index (χ2n) is 7.10. The van der Waals surface area contributed by atoms with Crippen molar-refractivity contribution in [3.63, 3.8) is 0 Å². The minimum Gasteiger partial charge on any atom is -0.345 e. The Morgan fingerprint density at radius 3 is 2.63 bits per heavy atom. The molecule has 0 unspecified atom stereocenters. The fourth-order valence-corrected chi connectivity index (χ4v) is 4.49. The molecule has 1 fully saturated rings. The number of thiazole rings is 1. The summed E-state index contributed by atoms with van der Waals surface area (Å²) in [4.78, 5) is 43.5. The molecule has 0 saturated carbocycles. The van der Waals surface area contributed by atoms with E-state index in [4.69, 9.17) is 0 Å². The first-order valence-corrected chi connectivity index (χ1v) is 10.3. The number of nitrogens with one attached hydrogen (secondary N) is 2. The second kappa shape index (κ2) is 7.40. The predicted molar refractivity (Wildman–Crippen MR) is 105 cm³/mol. The molecule has 3 rings (SSSR count). The molecule has 1 saturated heterocycles. The van der Waals surface area contributed by atoms with Gasteiger partial charge in [0.25, 0.3) is 5.91 Å². The number of aromatic nitrogens is 1. The minimum absolute atomic E-state index is 0.307.